The zero-order chi connectivity index (χ0) is 93.9. The molecule has 15 nitrogen and oxygen atoms in total. The fourth-order valence-corrected chi connectivity index (χ4v) is 16.3. The molecule has 133 heavy (non-hydrogen) atoms. The van der Waals surface area contributed by atoms with Gasteiger partial charge in [-0.25, -0.2) is 45.7 Å². The van der Waals surface area contributed by atoms with Gasteiger partial charge in [-0.3, -0.25) is 19.2 Å². The first-order valence-electron chi connectivity index (χ1n) is 43.2. The average molecular weight is 2060 g/mol. The van der Waals surface area contributed by atoms with Crippen molar-refractivity contribution < 1.29 is 91.5 Å². The Labute approximate surface area is 808 Å². The number of anilines is 2. The molecule has 0 aliphatic carbocycles. The summed E-state index contributed by atoms with van der Waals surface area (Å²) >= 11 is 4.02. The molecule has 0 spiro atoms. The number of unbranched alkanes of at least 4 members (excludes halogenated alkanes) is 2. The van der Waals surface area contributed by atoms with Crippen LogP contribution in [0.3, 0.4) is 0 Å². The van der Waals surface area contributed by atoms with Crippen molar-refractivity contribution in [2.75, 3.05) is 23.4 Å². The van der Waals surface area contributed by atoms with Crippen molar-refractivity contribution in [2.24, 2.45) is 11.8 Å². The average Bonchev–Trinajstić information content (AvgIpc) is 1.34. The summed E-state index contributed by atoms with van der Waals surface area (Å²) in [6.07, 6.45) is 8.65. The number of halogens is 12. The number of hydrogen-bond acceptors (Lipinski definition) is 11. The number of β-lactam (4-membered cyclic amide) rings is 1. The van der Waals surface area contributed by atoms with Gasteiger partial charge in [0.1, 0.15) is 72.8 Å². The van der Waals surface area contributed by atoms with E-state index in [0.29, 0.717) is 92.8 Å². The Morgan fingerprint density at radius 3 is 1.27 bits per heavy atom. The van der Waals surface area contributed by atoms with E-state index in [1.807, 2.05) is 158 Å². The summed E-state index contributed by atoms with van der Waals surface area (Å²) in [6.45, 7) is 1.02. The maximum atomic E-state index is 14.9. The van der Waals surface area contributed by atoms with E-state index in [2.05, 4.69) is 37.2 Å². The first-order chi connectivity index (χ1) is 63.6. The summed E-state index contributed by atoms with van der Waals surface area (Å²) in [4.78, 5) is 80.5. The molecule has 3 aliphatic rings. The minimum atomic E-state index is -3.11. The van der Waals surface area contributed by atoms with Gasteiger partial charge in [0.15, 0.2) is 0 Å². The molecule has 3 heterocycles. The summed E-state index contributed by atoms with van der Waals surface area (Å²) in [7, 11) is 20.1. The van der Waals surface area contributed by atoms with Gasteiger partial charge in [-0.2, -0.15) is 0 Å². The number of amides is 5. The van der Waals surface area contributed by atoms with E-state index in [0.717, 1.165) is 97.5 Å². The fraction of sp³-hybridized carbons (Fsp3) is 0.257. The molecule has 3 aliphatic heterocycles. The number of aryl methyl sites for hydroxylation is 4. The number of hydrogen-bond donors (Lipinski definition) is 2. The van der Waals surface area contributed by atoms with Crippen LogP contribution in [-0.4, -0.2) is 76.1 Å². The van der Waals surface area contributed by atoms with E-state index in [1.165, 1.54) is 82.6 Å². The molecule has 0 unspecified atom stereocenters. The molecule has 2 N–H and O–H groups in total. The normalized spacial score (nSPS) is 15.2. The van der Waals surface area contributed by atoms with E-state index in [9.17, 15) is 55.1 Å². The number of benzene rings is 12. The topological polar surface area (TPSA) is 181 Å². The molecule has 6 atom stereocenters. The van der Waals surface area contributed by atoms with Crippen molar-refractivity contribution in [1.29, 1.82) is 0 Å². The minimum absolute atomic E-state index is 0. The predicted molar refractivity (Wildman–Crippen MR) is 515 cm³/mol. The van der Waals surface area contributed by atoms with Crippen LogP contribution in [0.2, 0.25) is 0 Å². The molecule has 0 bridgehead atoms. The Morgan fingerprint density at radius 2 is 0.820 bits per heavy atom. The van der Waals surface area contributed by atoms with Gasteiger partial charge >= 0.3 is 67.7 Å². The number of rotatable bonds is 35. The summed E-state index contributed by atoms with van der Waals surface area (Å²) in [5, 5.41) is 11.9. The summed E-state index contributed by atoms with van der Waals surface area (Å²) in [5.74, 6) is -2.91. The second-order valence-electron chi connectivity index (χ2n) is 31.7. The Balaban J connectivity index is 0.000000194. The molecule has 5 amide bonds. The zero-order valence-electron chi connectivity index (χ0n) is 71.9. The first kappa shape index (κ1) is 104. The van der Waals surface area contributed by atoms with Crippen molar-refractivity contribution >= 4 is 116 Å². The second-order valence-corrected chi connectivity index (χ2v) is 49.0. The van der Waals surface area contributed by atoms with Crippen LogP contribution >= 0.6 is 69.1 Å². The van der Waals surface area contributed by atoms with E-state index < -0.39 is 54.3 Å². The van der Waals surface area contributed by atoms with Gasteiger partial charge in [-0.15, -0.1) is 0 Å². The van der Waals surface area contributed by atoms with Gasteiger partial charge in [-0.05, 0) is 256 Å². The molecule has 696 valence electrons. The number of nitrogens with zero attached hydrogens (tertiary/aromatic N) is 3. The quantitative estimate of drug-likeness (QED) is 0.0166. The van der Waals surface area contributed by atoms with Gasteiger partial charge in [0.2, 0.25) is 17.7 Å². The Bertz CT molecular complexity index is 5670. The number of imide groups is 2. The third kappa shape index (κ3) is 34.0. The molecule has 15 rings (SSSR count). The van der Waals surface area contributed by atoms with Crippen LogP contribution < -0.4 is 19.7 Å². The Kier molecular flexibility index (Phi) is 41.9. The van der Waals surface area contributed by atoms with Crippen LogP contribution in [0, 0.1) is 46.7 Å². The first-order valence-corrected chi connectivity index (χ1v) is 53.4. The number of nitrogens with one attached hydrogen (secondary N) is 1. The molecule has 12 aromatic rings. The third-order valence-corrected chi connectivity index (χ3v) is 23.2. The van der Waals surface area contributed by atoms with Crippen LogP contribution in [0.5, 0.6) is 11.5 Å². The van der Waals surface area contributed by atoms with E-state index >= 15 is 0 Å². The number of carbonyl (C=O) groups excluding carboxylic acids is 5. The van der Waals surface area contributed by atoms with E-state index in [-0.39, 0.29) is 98.5 Å². The molecular formula is C105H102Br2Cl4F6N4O11Ti. The van der Waals surface area contributed by atoms with Crippen molar-refractivity contribution in [3.8, 4) is 11.5 Å². The van der Waals surface area contributed by atoms with Crippen molar-refractivity contribution in [1.82, 2.24) is 9.80 Å². The van der Waals surface area contributed by atoms with E-state index in [4.69, 9.17) is 61.3 Å². The standard InChI is InChI=1S/C41H37BrF2N2O4.C31H26BrF2NO2.C21H22FNO3.C11H13FO2.CH4.4ClH.Ti/c42-31-16-23-36(38(25-31)49-26-30-10-5-2-6-11-30)39(45-34-21-19-33(44)20-22-34)37(13-7-12-28-14-17-32(43)18-15-28)40(47)46-35(27-50-41(46)48)24-29-8-3-1-4-9-29;32-23-11-18-27(29(19-23)37-20-22-5-2-1-3-6-22)30-28(8-4-7-21-9-12-24(33)13-10-21)31(36)35(30)26-16-14-25(34)15-17-26;22-18-12-10-16(11-13-18)6-4-5-9-20(24)23-19(15-26-21(23)25)14-17-7-2-1-3-8-17;12-10-7-5-9(6-8-10)3-1-2-4-11(13)14;;;;;;/h1-6,8-11,14-23,25,35,37,39,45H,7,12-13,24,26-27H2;1-3,5-6,9-19,28,30H,4,7-8,20H2;1-3,7-8,10-13,19H,4-6,9,14-15H2;5-8H,1-4H2,(H,13,14);1H4;4*1H;/q;;;;;;;;;+4/p-4/t35-,37+,39+;28-,30-;19-;;;;;;;/m010......./s1. The van der Waals surface area contributed by atoms with Crippen LogP contribution in [0.15, 0.2) is 312 Å². The third-order valence-electron chi connectivity index (χ3n) is 22.2. The van der Waals surface area contributed by atoms with Gasteiger partial charge in [0, 0.05) is 44.3 Å². The van der Waals surface area contributed by atoms with Crippen molar-refractivity contribution in [3.05, 3.63) is 403 Å². The maximum absolute atomic E-state index is 14.9. The van der Waals surface area contributed by atoms with Crippen LogP contribution in [0.4, 0.5) is 47.3 Å². The zero-order valence-corrected chi connectivity index (χ0v) is 79.6. The molecular weight excluding hydrogens is 1960 g/mol. The van der Waals surface area contributed by atoms with Gasteiger partial charge in [-0.1, -0.05) is 221 Å². The molecule has 12 aromatic carbocycles. The van der Waals surface area contributed by atoms with Gasteiger partial charge < -0.3 is 34.3 Å². The van der Waals surface area contributed by atoms with Gasteiger partial charge in [0.05, 0.1) is 36.0 Å². The Morgan fingerprint density at radius 1 is 0.444 bits per heavy atom. The number of carbonyl (C=O) groups is 6. The molecule has 28 heteroatoms. The van der Waals surface area contributed by atoms with Crippen LogP contribution in [-0.2, 0) is 92.7 Å². The van der Waals surface area contributed by atoms with Crippen molar-refractivity contribution in [2.45, 2.75) is 148 Å². The van der Waals surface area contributed by atoms with Crippen molar-refractivity contribution in [3.63, 3.8) is 0 Å². The second kappa shape index (κ2) is 53.4. The summed E-state index contributed by atoms with van der Waals surface area (Å²) in [6, 6.07) is 86.4. The SMILES string of the molecule is C.O=C(CCCCc1ccc(F)cc1)N1C(=O)OC[C@@H]1Cc1ccccc1.O=C(O)CCCCc1ccc(F)cc1.O=C1OC[C@H](Cc2ccccc2)N1C(=O)[C@H](CCCc1ccc(F)cc1)[C@H](Nc1ccc(F)cc1)c1ccc(Br)cc1OCc1ccccc1.O=C1[C@H](CCCc2ccc(F)cc2)[C@@H](c2ccc(Br)cc2OCc2ccccc2)N1c1ccc(F)cc1.[Cl][Ti]([Cl])([Cl])[Cl]. The molecule has 0 aromatic heterocycles. The fourth-order valence-electron chi connectivity index (χ4n) is 15.6. The Hall–Kier alpha value is -10.7. The molecule has 3 fully saturated rings. The molecule has 3 saturated heterocycles. The summed E-state index contributed by atoms with van der Waals surface area (Å²) in [5.41, 5.74) is 11.0. The number of carboxylic acid groups (broad SMARTS) is 1. The molecule has 0 saturated carbocycles. The summed E-state index contributed by atoms with van der Waals surface area (Å²) < 4.78 is 105. The number of ether oxygens (including phenoxy) is 4. The number of carboxylic acids is 1. The monoisotopic (exact) mass is 2050 g/mol. The van der Waals surface area contributed by atoms with Crippen LogP contribution in [0.25, 0.3) is 0 Å². The number of cyclic esters (lactones) is 2. The number of aliphatic carboxylic acids is 1. The predicted octanol–water partition coefficient (Wildman–Crippen LogP) is 27.9. The van der Waals surface area contributed by atoms with Crippen LogP contribution in [0.1, 0.15) is 139 Å². The van der Waals surface area contributed by atoms with E-state index in [1.54, 1.807) is 77.7 Å². The molecule has 0 radical (unpaired) electrons. The van der Waals surface area contributed by atoms with Gasteiger partial charge in [0.25, 0.3) is 0 Å².